The number of nitrogens with zero attached hydrogens (tertiary/aromatic N) is 2. The van der Waals surface area contributed by atoms with E-state index in [1.54, 1.807) is 36.4 Å². The van der Waals surface area contributed by atoms with Crippen molar-refractivity contribution in [2.75, 3.05) is 24.0 Å². The number of anilines is 1. The number of sulfonamides is 1. The van der Waals surface area contributed by atoms with Gasteiger partial charge in [-0.3, -0.25) is 13.9 Å². The Bertz CT molecular complexity index is 1680. The zero-order chi connectivity index (χ0) is 33.1. The molecule has 242 valence electrons. The molecular formula is C36H40BrN3O5S. The molecule has 0 bridgehead atoms. The molecule has 46 heavy (non-hydrogen) atoms. The van der Waals surface area contributed by atoms with Gasteiger partial charge in [-0.1, -0.05) is 83.0 Å². The average molecular weight is 707 g/mol. The topological polar surface area (TPSA) is 96.0 Å². The molecule has 0 unspecified atom stereocenters. The van der Waals surface area contributed by atoms with Crippen molar-refractivity contribution < 1.29 is 22.7 Å². The summed E-state index contributed by atoms with van der Waals surface area (Å²) in [5.74, 6) is -0.233. The highest BCUT2D eigenvalue weighted by atomic mass is 79.9. The van der Waals surface area contributed by atoms with Crippen molar-refractivity contribution in [2.45, 2.75) is 51.1 Å². The fraction of sp³-hybridized carbons (Fsp3) is 0.278. The molecule has 2 amide bonds. The van der Waals surface area contributed by atoms with Crippen molar-refractivity contribution in [1.29, 1.82) is 0 Å². The zero-order valence-corrected chi connectivity index (χ0v) is 28.8. The number of ether oxygens (including phenoxy) is 1. The monoisotopic (exact) mass is 705 g/mol. The number of amides is 2. The van der Waals surface area contributed by atoms with E-state index in [9.17, 15) is 18.0 Å². The first-order valence-corrected chi connectivity index (χ1v) is 17.5. The maximum absolute atomic E-state index is 14.5. The second-order valence-electron chi connectivity index (χ2n) is 10.9. The molecule has 10 heteroatoms. The third-order valence-corrected chi connectivity index (χ3v) is 9.73. The summed E-state index contributed by atoms with van der Waals surface area (Å²) in [4.78, 5) is 29.8. The number of halogens is 1. The van der Waals surface area contributed by atoms with Gasteiger partial charge in [0, 0.05) is 24.0 Å². The lowest BCUT2D eigenvalue weighted by Crippen LogP contribution is -2.53. The standard InChI is InChI=1S/C36H40BrN3O5S/c1-4-23-38-36(42)34(24-28-9-7-6-8-10-28)39(25-29-13-15-30(37)16-14-29)35(41)26-40(31-17-19-32(20-18-31)45-5-2)46(43,44)33-21-11-27(3)12-22-33/h6-22,34H,4-5,23-26H2,1-3H3,(H,38,42)/t34-/m1/s1. The maximum atomic E-state index is 14.5. The molecule has 4 aromatic rings. The lowest BCUT2D eigenvalue weighted by atomic mass is 10.0. The van der Waals surface area contributed by atoms with Gasteiger partial charge in [0.2, 0.25) is 11.8 Å². The lowest BCUT2D eigenvalue weighted by Gasteiger charge is -2.34. The summed E-state index contributed by atoms with van der Waals surface area (Å²) in [6.07, 6.45) is 0.983. The number of nitrogens with one attached hydrogen (secondary N) is 1. The number of carbonyl (C=O) groups excluding carboxylic acids is 2. The number of rotatable bonds is 15. The fourth-order valence-corrected chi connectivity index (χ4v) is 6.63. The van der Waals surface area contributed by atoms with Crippen LogP contribution in [0.25, 0.3) is 0 Å². The van der Waals surface area contributed by atoms with Gasteiger partial charge in [0.05, 0.1) is 17.2 Å². The van der Waals surface area contributed by atoms with Crippen LogP contribution in [0.5, 0.6) is 5.75 Å². The number of benzene rings is 4. The van der Waals surface area contributed by atoms with Crippen molar-refractivity contribution in [1.82, 2.24) is 10.2 Å². The molecule has 1 N–H and O–H groups in total. The molecule has 0 aliphatic rings. The quantitative estimate of drug-likeness (QED) is 0.152. The predicted molar refractivity (Wildman–Crippen MR) is 185 cm³/mol. The van der Waals surface area contributed by atoms with Gasteiger partial charge in [0.1, 0.15) is 18.3 Å². The second kappa shape index (κ2) is 16.4. The summed E-state index contributed by atoms with van der Waals surface area (Å²) in [7, 11) is -4.18. The van der Waals surface area contributed by atoms with Gasteiger partial charge in [-0.25, -0.2) is 8.42 Å². The van der Waals surface area contributed by atoms with Crippen molar-refractivity contribution in [2.24, 2.45) is 0 Å². The molecule has 0 aromatic heterocycles. The van der Waals surface area contributed by atoms with Crippen LogP contribution in [0, 0.1) is 6.92 Å². The summed E-state index contributed by atoms with van der Waals surface area (Å²) in [5, 5.41) is 2.96. The van der Waals surface area contributed by atoms with E-state index in [0.717, 1.165) is 31.9 Å². The maximum Gasteiger partial charge on any atom is 0.264 e. The van der Waals surface area contributed by atoms with Gasteiger partial charge < -0.3 is 15.0 Å². The van der Waals surface area contributed by atoms with Crippen LogP contribution < -0.4 is 14.4 Å². The van der Waals surface area contributed by atoms with E-state index in [-0.39, 0.29) is 23.8 Å². The average Bonchev–Trinajstić information content (AvgIpc) is 3.06. The first-order valence-electron chi connectivity index (χ1n) is 15.3. The molecule has 0 spiro atoms. The third kappa shape index (κ3) is 9.20. The van der Waals surface area contributed by atoms with Crippen LogP contribution in [0.1, 0.15) is 37.0 Å². The molecule has 0 saturated carbocycles. The minimum absolute atomic E-state index is 0.0563. The van der Waals surface area contributed by atoms with E-state index >= 15 is 0 Å². The zero-order valence-electron chi connectivity index (χ0n) is 26.4. The number of hydrogen-bond acceptors (Lipinski definition) is 5. The Hall–Kier alpha value is -4.15. The summed E-state index contributed by atoms with van der Waals surface area (Å²) in [6, 6.07) is 29.2. The molecule has 0 aliphatic heterocycles. The summed E-state index contributed by atoms with van der Waals surface area (Å²) in [6.45, 7) is 6.19. The highest BCUT2D eigenvalue weighted by Gasteiger charge is 2.34. The fourth-order valence-electron chi connectivity index (χ4n) is 4.95. The summed E-state index contributed by atoms with van der Waals surface area (Å²) in [5.41, 5.74) is 2.89. The second-order valence-corrected chi connectivity index (χ2v) is 13.7. The SMILES string of the molecule is CCCNC(=O)[C@@H](Cc1ccccc1)N(Cc1ccc(Br)cc1)C(=O)CN(c1ccc(OCC)cc1)S(=O)(=O)c1ccc(C)cc1. The molecule has 0 fully saturated rings. The molecule has 8 nitrogen and oxygen atoms in total. The van der Waals surface area contributed by atoms with Crippen LogP contribution in [0.4, 0.5) is 5.69 Å². The van der Waals surface area contributed by atoms with Gasteiger partial charge in [-0.15, -0.1) is 0 Å². The van der Waals surface area contributed by atoms with Crippen molar-refractivity contribution in [3.05, 3.63) is 124 Å². The van der Waals surface area contributed by atoms with Crippen molar-refractivity contribution in [3.63, 3.8) is 0 Å². The predicted octanol–water partition coefficient (Wildman–Crippen LogP) is 6.52. The van der Waals surface area contributed by atoms with E-state index < -0.39 is 28.5 Å². The van der Waals surface area contributed by atoms with E-state index in [4.69, 9.17) is 4.74 Å². The Morgan fingerprint density at radius 2 is 1.50 bits per heavy atom. The molecule has 0 heterocycles. The van der Waals surface area contributed by atoms with E-state index in [1.165, 1.54) is 17.0 Å². The Balaban J connectivity index is 1.79. The molecule has 1 atom stereocenters. The molecule has 4 rings (SSSR count). The van der Waals surface area contributed by atoms with Crippen molar-refractivity contribution in [3.8, 4) is 5.75 Å². The van der Waals surface area contributed by atoms with Crippen LogP contribution in [-0.4, -0.2) is 50.9 Å². The number of hydrogen-bond donors (Lipinski definition) is 1. The minimum atomic E-state index is -4.18. The van der Waals surface area contributed by atoms with Crippen LogP contribution in [-0.2, 0) is 32.6 Å². The summed E-state index contributed by atoms with van der Waals surface area (Å²) >= 11 is 3.46. The van der Waals surface area contributed by atoms with Gasteiger partial charge in [-0.05, 0) is 79.9 Å². The Labute approximate surface area is 280 Å². The van der Waals surface area contributed by atoms with Gasteiger partial charge in [-0.2, -0.15) is 0 Å². The molecule has 4 aromatic carbocycles. The van der Waals surface area contributed by atoms with E-state index in [1.807, 2.05) is 75.4 Å². The van der Waals surface area contributed by atoms with E-state index in [0.29, 0.717) is 24.6 Å². The highest BCUT2D eigenvalue weighted by Crippen LogP contribution is 2.27. The smallest absolute Gasteiger partial charge is 0.264 e. The highest BCUT2D eigenvalue weighted by molar-refractivity contribution is 9.10. The van der Waals surface area contributed by atoms with Gasteiger partial charge in [0.15, 0.2) is 0 Å². The van der Waals surface area contributed by atoms with Crippen molar-refractivity contribution >= 4 is 43.5 Å². The van der Waals surface area contributed by atoms with Gasteiger partial charge >= 0.3 is 0 Å². The lowest BCUT2D eigenvalue weighted by molar-refractivity contribution is -0.140. The Morgan fingerprint density at radius 3 is 2.11 bits per heavy atom. The normalized spacial score (nSPS) is 11.8. The third-order valence-electron chi connectivity index (χ3n) is 7.41. The number of carbonyl (C=O) groups is 2. The first kappa shape index (κ1) is 34.7. The van der Waals surface area contributed by atoms with Crippen LogP contribution in [0.15, 0.2) is 112 Å². The molecular weight excluding hydrogens is 666 g/mol. The van der Waals surface area contributed by atoms with Crippen LogP contribution >= 0.6 is 15.9 Å². The largest absolute Gasteiger partial charge is 0.494 e. The van der Waals surface area contributed by atoms with Crippen LogP contribution in [0.3, 0.4) is 0 Å². The molecule has 0 aliphatic carbocycles. The van der Waals surface area contributed by atoms with E-state index in [2.05, 4.69) is 21.2 Å². The Morgan fingerprint density at radius 1 is 0.848 bits per heavy atom. The Kier molecular flexibility index (Phi) is 12.4. The number of aryl methyl sites for hydroxylation is 1. The van der Waals surface area contributed by atoms with Crippen LogP contribution in [0.2, 0.25) is 0 Å². The van der Waals surface area contributed by atoms with Gasteiger partial charge in [0.25, 0.3) is 10.0 Å². The summed E-state index contributed by atoms with van der Waals surface area (Å²) < 4.78 is 35.9. The first-order chi connectivity index (χ1) is 22.1. The molecule has 0 radical (unpaired) electrons. The minimum Gasteiger partial charge on any atom is -0.494 e. The molecule has 0 saturated heterocycles.